The van der Waals surface area contributed by atoms with Gasteiger partial charge in [-0.05, 0) is 66.5 Å². The molecule has 0 spiro atoms. The maximum absolute atomic E-state index is 14.2. The van der Waals surface area contributed by atoms with Crippen molar-refractivity contribution in [3.63, 3.8) is 0 Å². The number of aliphatic hydroxyl groups is 1. The van der Waals surface area contributed by atoms with E-state index in [9.17, 15) is 18.7 Å². The smallest absolute Gasteiger partial charge is 0.319 e. The Morgan fingerprint density at radius 2 is 1.92 bits per heavy atom. The number of urea groups is 1. The standard InChI is InChI=1S/C27H31F2N5O3/c1-14-8-21(24(15-4-6-37-7-5-15)33-23(14)16-12-30-31-13-16)32-26(36)34-25-17-9-19(28)20(29)10-18(17)27(2,3)11-22(25)35/h8-10,12-13,15,22,25,35H,4-7,11H2,1-3H3,(H,30,31)(H2,32,34,36)/t22-,25+/m1/s1. The maximum atomic E-state index is 14.2. The average Bonchev–Trinajstić information content (AvgIpc) is 3.38. The van der Waals surface area contributed by atoms with Crippen LogP contribution in [-0.2, 0) is 10.2 Å². The van der Waals surface area contributed by atoms with Gasteiger partial charge in [0.15, 0.2) is 11.6 Å². The van der Waals surface area contributed by atoms with Crippen LogP contribution in [0.5, 0.6) is 0 Å². The summed E-state index contributed by atoms with van der Waals surface area (Å²) in [7, 11) is 0. The first-order chi connectivity index (χ1) is 17.6. The Labute approximate surface area is 213 Å². The van der Waals surface area contributed by atoms with Crippen molar-refractivity contribution < 1.29 is 23.4 Å². The predicted molar refractivity (Wildman–Crippen MR) is 134 cm³/mol. The number of halogens is 2. The Morgan fingerprint density at radius 3 is 2.62 bits per heavy atom. The van der Waals surface area contributed by atoms with Crippen LogP contribution in [0.1, 0.15) is 67.5 Å². The molecular formula is C27H31F2N5O3. The monoisotopic (exact) mass is 511 g/mol. The molecule has 4 N–H and O–H groups in total. The van der Waals surface area contributed by atoms with Crippen LogP contribution in [0.25, 0.3) is 11.3 Å². The summed E-state index contributed by atoms with van der Waals surface area (Å²) in [6.07, 6.45) is 4.32. The first kappa shape index (κ1) is 25.3. The number of amides is 2. The molecule has 0 bridgehead atoms. The second kappa shape index (κ2) is 9.83. The molecule has 2 aliphatic rings. The van der Waals surface area contributed by atoms with E-state index in [1.54, 1.807) is 12.4 Å². The van der Waals surface area contributed by atoms with Gasteiger partial charge in [-0.25, -0.2) is 18.6 Å². The van der Waals surface area contributed by atoms with Crippen molar-refractivity contribution in [1.82, 2.24) is 20.5 Å². The minimum atomic E-state index is -1.02. The molecule has 3 aromatic rings. The zero-order valence-electron chi connectivity index (χ0n) is 21.1. The van der Waals surface area contributed by atoms with Gasteiger partial charge in [-0.1, -0.05) is 13.8 Å². The zero-order chi connectivity index (χ0) is 26.3. The van der Waals surface area contributed by atoms with Gasteiger partial charge in [-0.3, -0.25) is 5.10 Å². The largest absolute Gasteiger partial charge is 0.391 e. The van der Waals surface area contributed by atoms with Crippen molar-refractivity contribution >= 4 is 11.7 Å². The van der Waals surface area contributed by atoms with E-state index in [1.165, 1.54) is 0 Å². The first-order valence-corrected chi connectivity index (χ1v) is 12.5. The number of carbonyl (C=O) groups excluding carboxylic acids is 1. The van der Waals surface area contributed by atoms with E-state index in [1.807, 2.05) is 26.8 Å². The number of hydrogen-bond acceptors (Lipinski definition) is 5. The van der Waals surface area contributed by atoms with Crippen LogP contribution in [0.2, 0.25) is 0 Å². The van der Waals surface area contributed by atoms with E-state index in [0.29, 0.717) is 30.0 Å². The number of H-pyrrole nitrogens is 1. The third-order valence-electron chi connectivity index (χ3n) is 7.42. The molecule has 1 aliphatic carbocycles. The molecule has 1 saturated heterocycles. The van der Waals surface area contributed by atoms with E-state index in [4.69, 9.17) is 9.72 Å². The van der Waals surface area contributed by atoms with Crippen LogP contribution < -0.4 is 10.6 Å². The minimum Gasteiger partial charge on any atom is -0.391 e. The lowest BCUT2D eigenvalue weighted by molar-refractivity contribution is 0.0846. The van der Waals surface area contributed by atoms with Crippen molar-refractivity contribution in [1.29, 1.82) is 0 Å². The summed E-state index contributed by atoms with van der Waals surface area (Å²) in [4.78, 5) is 18.2. The van der Waals surface area contributed by atoms with Crippen LogP contribution in [0.15, 0.2) is 30.6 Å². The fourth-order valence-electron chi connectivity index (χ4n) is 5.52. The van der Waals surface area contributed by atoms with Crippen molar-refractivity contribution in [3.8, 4) is 11.3 Å². The Morgan fingerprint density at radius 1 is 1.19 bits per heavy atom. The number of aromatic amines is 1. The summed E-state index contributed by atoms with van der Waals surface area (Å²) in [6, 6.07) is 2.64. The molecule has 1 aliphatic heterocycles. The second-order valence-corrected chi connectivity index (χ2v) is 10.5. The van der Waals surface area contributed by atoms with Gasteiger partial charge in [-0.2, -0.15) is 5.10 Å². The van der Waals surface area contributed by atoms with E-state index in [-0.39, 0.29) is 12.3 Å². The first-order valence-electron chi connectivity index (χ1n) is 12.5. The molecule has 1 aromatic carbocycles. The quantitative estimate of drug-likeness (QED) is 0.400. The lowest BCUT2D eigenvalue weighted by Gasteiger charge is -2.40. The lowest BCUT2D eigenvalue weighted by atomic mass is 9.69. The number of aryl methyl sites for hydroxylation is 1. The molecule has 1 fully saturated rings. The molecule has 0 unspecified atom stereocenters. The molecule has 2 aromatic heterocycles. The number of fused-ring (bicyclic) bond motifs is 1. The SMILES string of the molecule is Cc1cc(NC(=O)N[C@H]2c3cc(F)c(F)cc3C(C)(C)C[C@H]2O)c(C2CCOCC2)nc1-c1cn[nH]c1. The number of ether oxygens (including phenoxy) is 1. The van der Waals surface area contributed by atoms with Gasteiger partial charge in [0.05, 0.1) is 35.4 Å². The molecule has 0 radical (unpaired) electrons. The zero-order valence-corrected chi connectivity index (χ0v) is 21.1. The van der Waals surface area contributed by atoms with Gasteiger partial charge in [0.25, 0.3) is 0 Å². The van der Waals surface area contributed by atoms with Gasteiger partial charge in [0, 0.05) is 30.9 Å². The van der Waals surface area contributed by atoms with Crippen molar-refractivity contribution in [2.45, 2.75) is 63.5 Å². The summed E-state index contributed by atoms with van der Waals surface area (Å²) in [5, 5.41) is 23.4. The molecule has 5 rings (SSSR count). The van der Waals surface area contributed by atoms with E-state index in [0.717, 1.165) is 47.5 Å². The van der Waals surface area contributed by atoms with E-state index >= 15 is 0 Å². The summed E-state index contributed by atoms with van der Waals surface area (Å²) in [6.45, 7) is 6.84. The van der Waals surface area contributed by atoms with E-state index < -0.39 is 35.2 Å². The van der Waals surface area contributed by atoms with Crippen LogP contribution in [0.3, 0.4) is 0 Å². The molecule has 0 saturated carbocycles. The van der Waals surface area contributed by atoms with Gasteiger partial charge < -0.3 is 20.5 Å². The summed E-state index contributed by atoms with van der Waals surface area (Å²) >= 11 is 0. The van der Waals surface area contributed by atoms with Crippen molar-refractivity contribution in [2.75, 3.05) is 18.5 Å². The number of anilines is 1. The number of pyridine rings is 1. The molecule has 3 heterocycles. The Balaban J connectivity index is 1.45. The van der Waals surface area contributed by atoms with Crippen LogP contribution in [0, 0.1) is 18.6 Å². The highest BCUT2D eigenvalue weighted by atomic mass is 19.2. The molecule has 8 nitrogen and oxygen atoms in total. The maximum Gasteiger partial charge on any atom is 0.319 e. The normalized spacial score (nSPS) is 21.4. The average molecular weight is 512 g/mol. The number of nitrogens with zero attached hydrogens (tertiary/aromatic N) is 2. The number of rotatable bonds is 4. The summed E-state index contributed by atoms with van der Waals surface area (Å²) in [5.41, 5.74) is 4.13. The molecule has 10 heteroatoms. The van der Waals surface area contributed by atoms with Gasteiger partial charge in [0.2, 0.25) is 0 Å². The molecule has 2 amide bonds. The van der Waals surface area contributed by atoms with Gasteiger partial charge >= 0.3 is 6.03 Å². The number of aromatic nitrogens is 3. The van der Waals surface area contributed by atoms with Gasteiger partial charge in [-0.15, -0.1) is 0 Å². The Hall–Kier alpha value is -3.37. The number of benzene rings is 1. The Bertz CT molecular complexity index is 1310. The van der Waals surface area contributed by atoms with E-state index in [2.05, 4.69) is 20.8 Å². The number of hydrogen-bond donors (Lipinski definition) is 4. The van der Waals surface area contributed by atoms with Crippen LogP contribution in [0.4, 0.5) is 19.3 Å². The molecule has 2 atom stereocenters. The van der Waals surface area contributed by atoms with Crippen molar-refractivity contribution in [3.05, 3.63) is 64.6 Å². The molecular weight excluding hydrogens is 480 g/mol. The highest BCUT2D eigenvalue weighted by Gasteiger charge is 2.40. The van der Waals surface area contributed by atoms with Gasteiger partial charge in [0.1, 0.15) is 0 Å². The number of aliphatic hydroxyl groups excluding tert-OH is 1. The highest BCUT2D eigenvalue weighted by molar-refractivity contribution is 5.91. The summed E-state index contributed by atoms with van der Waals surface area (Å²) in [5.74, 6) is -1.88. The highest BCUT2D eigenvalue weighted by Crippen LogP contribution is 2.43. The predicted octanol–water partition coefficient (Wildman–Crippen LogP) is 4.86. The third kappa shape index (κ3) is 4.95. The van der Waals surface area contributed by atoms with Crippen molar-refractivity contribution in [2.24, 2.45) is 0 Å². The molecule has 37 heavy (non-hydrogen) atoms. The fraction of sp³-hybridized carbons (Fsp3) is 0.444. The number of carbonyl (C=O) groups is 1. The number of nitrogens with one attached hydrogen (secondary N) is 3. The fourth-order valence-corrected chi connectivity index (χ4v) is 5.52. The third-order valence-corrected chi connectivity index (χ3v) is 7.42. The van der Waals surface area contributed by atoms with Crippen LogP contribution >= 0.6 is 0 Å². The lowest BCUT2D eigenvalue weighted by Crippen LogP contribution is -2.45. The minimum absolute atomic E-state index is 0.0918. The summed E-state index contributed by atoms with van der Waals surface area (Å²) < 4.78 is 33.8. The Kier molecular flexibility index (Phi) is 6.72. The molecule has 196 valence electrons. The second-order valence-electron chi connectivity index (χ2n) is 10.5. The topological polar surface area (TPSA) is 112 Å². The van der Waals surface area contributed by atoms with Crippen LogP contribution in [-0.4, -0.2) is 45.6 Å².